The van der Waals surface area contributed by atoms with E-state index in [9.17, 15) is 13.2 Å². The van der Waals surface area contributed by atoms with Crippen LogP contribution in [0.15, 0.2) is 47.4 Å². The molecular weight excluding hydrogens is 442 g/mol. The Bertz CT molecular complexity index is 1050. The number of benzene rings is 2. The minimum atomic E-state index is -3.77. The molecule has 180 valence electrons. The third-order valence-electron chi connectivity index (χ3n) is 5.95. The lowest BCUT2D eigenvalue weighted by Crippen LogP contribution is -2.35. The zero-order valence-corrected chi connectivity index (χ0v) is 20.6. The van der Waals surface area contributed by atoms with E-state index in [4.69, 9.17) is 9.47 Å². The minimum absolute atomic E-state index is 0.0224. The number of carbonyl (C=O) groups is 1. The molecular formula is C24H33N3O5S. The maximum absolute atomic E-state index is 13.3. The van der Waals surface area contributed by atoms with Gasteiger partial charge in [0.05, 0.1) is 14.2 Å². The molecule has 9 heteroatoms. The molecule has 1 fully saturated rings. The van der Waals surface area contributed by atoms with E-state index >= 15 is 0 Å². The van der Waals surface area contributed by atoms with E-state index < -0.39 is 10.0 Å². The summed E-state index contributed by atoms with van der Waals surface area (Å²) in [5.41, 5.74) is 1.43. The Morgan fingerprint density at radius 2 is 1.64 bits per heavy atom. The Labute approximate surface area is 196 Å². The van der Waals surface area contributed by atoms with Crippen LogP contribution in [0.5, 0.6) is 11.5 Å². The first kappa shape index (κ1) is 24.9. The molecule has 0 bridgehead atoms. The van der Waals surface area contributed by atoms with Crippen LogP contribution in [-0.2, 0) is 10.0 Å². The van der Waals surface area contributed by atoms with Crippen molar-refractivity contribution in [2.24, 2.45) is 0 Å². The molecule has 0 unspecified atom stereocenters. The Balaban J connectivity index is 1.80. The fourth-order valence-corrected chi connectivity index (χ4v) is 5.71. The lowest BCUT2D eigenvalue weighted by molar-refractivity contribution is 0.0766. The Hall–Kier alpha value is -2.78. The number of carbonyl (C=O) groups excluding carboxylic acids is 1. The van der Waals surface area contributed by atoms with Gasteiger partial charge in [0, 0.05) is 50.5 Å². The first-order chi connectivity index (χ1) is 15.8. The Morgan fingerprint density at radius 1 is 0.939 bits per heavy atom. The van der Waals surface area contributed by atoms with E-state index in [1.165, 1.54) is 17.5 Å². The highest BCUT2D eigenvalue weighted by Gasteiger charge is 2.28. The lowest BCUT2D eigenvalue weighted by atomic mass is 10.2. The molecule has 0 aromatic heterocycles. The average Bonchev–Trinajstić information content (AvgIpc) is 3.10. The first-order valence-corrected chi connectivity index (χ1v) is 12.7. The third-order valence-corrected chi connectivity index (χ3v) is 8.03. The molecule has 0 saturated carbocycles. The SMILES string of the molecule is CCN(CC)S(=O)(=O)c1cc(C(=O)N2CCCN(c3ccc(OC)cc3)CC2)ccc1OC. The molecule has 1 amide bonds. The van der Waals surface area contributed by atoms with Gasteiger partial charge < -0.3 is 19.3 Å². The average molecular weight is 476 g/mol. The number of amides is 1. The summed E-state index contributed by atoms with van der Waals surface area (Å²) in [7, 11) is -0.697. The minimum Gasteiger partial charge on any atom is -0.497 e. The topological polar surface area (TPSA) is 79.4 Å². The molecule has 0 spiro atoms. The number of rotatable bonds is 8. The molecule has 1 aliphatic rings. The summed E-state index contributed by atoms with van der Waals surface area (Å²) in [5.74, 6) is 0.866. The molecule has 2 aromatic rings. The van der Waals surface area contributed by atoms with Crippen LogP contribution in [0.3, 0.4) is 0 Å². The summed E-state index contributed by atoms with van der Waals surface area (Å²) in [5, 5.41) is 0. The molecule has 1 heterocycles. The van der Waals surface area contributed by atoms with Gasteiger partial charge >= 0.3 is 0 Å². The summed E-state index contributed by atoms with van der Waals surface area (Å²) in [4.78, 5) is 17.4. The van der Waals surface area contributed by atoms with Crippen molar-refractivity contribution in [3.63, 3.8) is 0 Å². The third kappa shape index (κ3) is 5.42. The maximum atomic E-state index is 13.3. The number of hydrogen-bond donors (Lipinski definition) is 0. The van der Waals surface area contributed by atoms with E-state index in [2.05, 4.69) is 4.90 Å². The van der Waals surface area contributed by atoms with Crippen LogP contribution in [0.25, 0.3) is 0 Å². The van der Waals surface area contributed by atoms with Gasteiger partial charge in [0.25, 0.3) is 5.91 Å². The molecule has 0 radical (unpaired) electrons. The summed E-state index contributed by atoms with van der Waals surface area (Å²) < 4.78 is 38.2. The molecule has 33 heavy (non-hydrogen) atoms. The van der Waals surface area contributed by atoms with Crippen LogP contribution in [0.1, 0.15) is 30.6 Å². The highest BCUT2D eigenvalue weighted by molar-refractivity contribution is 7.89. The zero-order chi connectivity index (χ0) is 24.0. The largest absolute Gasteiger partial charge is 0.497 e. The molecule has 0 aliphatic carbocycles. The summed E-state index contributed by atoms with van der Waals surface area (Å²) >= 11 is 0. The van der Waals surface area contributed by atoms with E-state index in [1.54, 1.807) is 38.0 Å². The summed E-state index contributed by atoms with van der Waals surface area (Å²) in [6.07, 6.45) is 0.818. The van der Waals surface area contributed by atoms with Crippen LogP contribution >= 0.6 is 0 Å². The zero-order valence-electron chi connectivity index (χ0n) is 19.8. The van der Waals surface area contributed by atoms with Crippen molar-refractivity contribution in [2.45, 2.75) is 25.2 Å². The van der Waals surface area contributed by atoms with Crippen molar-refractivity contribution in [3.05, 3.63) is 48.0 Å². The fourth-order valence-electron chi connectivity index (χ4n) is 4.07. The van der Waals surface area contributed by atoms with Gasteiger partial charge in [-0.1, -0.05) is 13.8 Å². The maximum Gasteiger partial charge on any atom is 0.253 e. The molecule has 0 N–H and O–H groups in total. The van der Waals surface area contributed by atoms with Crippen molar-refractivity contribution in [1.82, 2.24) is 9.21 Å². The lowest BCUT2D eigenvalue weighted by Gasteiger charge is -2.24. The highest BCUT2D eigenvalue weighted by atomic mass is 32.2. The predicted molar refractivity (Wildman–Crippen MR) is 129 cm³/mol. The number of anilines is 1. The van der Waals surface area contributed by atoms with Crippen molar-refractivity contribution < 1.29 is 22.7 Å². The van der Waals surface area contributed by atoms with E-state index in [1.807, 2.05) is 24.3 Å². The van der Waals surface area contributed by atoms with E-state index in [-0.39, 0.29) is 16.6 Å². The monoisotopic (exact) mass is 475 g/mol. The van der Waals surface area contributed by atoms with Gasteiger partial charge in [-0.15, -0.1) is 0 Å². The van der Waals surface area contributed by atoms with E-state index in [0.717, 1.165) is 24.4 Å². The van der Waals surface area contributed by atoms with Gasteiger partial charge in [-0.25, -0.2) is 8.42 Å². The number of sulfonamides is 1. The molecule has 0 atom stereocenters. The number of ether oxygens (including phenoxy) is 2. The van der Waals surface area contributed by atoms with Gasteiger partial charge in [0.1, 0.15) is 16.4 Å². The molecule has 1 saturated heterocycles. The predicted octanol–water partition coefficient (Wildman–Crippen LogP) is 3.09. The number of nitrogens with zero attached hydrogens (tertiary/aromatic N) is 3. The Kier molecular flexibility index (Phi) is 8.20. The van der Waals surface area contributed by atoms with Crippen LogP contribution < -0.4 is 14.4 Å². The van der Waals surface area contributed by atoms with Gasteiger partial charge in [-0.05, 0) is 48.9 Å². The van der Waals surface area contributed by atoms with Crippen molar-refractivity contribution >= 4 is 21.6 Å². The van der Waals surface area contributed by atoms with Gasteiger partial charge in [0.15, 0.2) is 0 Å². The molecule has 2 aromatic carbocycles. The molecule has 8 nitrogen and oxygen atoms in total. The summed E-state index contributed by atoms with van der Waals surface area (Å²) in [6, 6.07) is 12.5. The highest BCUT2D eigenvalue weighted by Crippen LogP contribution is 2.29. The van der Waals surface area contributed by atoms with Gasteiger partial charge in [-0.2, -0.15) is 4.31 Å². The van der Waals surface area contributed by atoms with Crippen LogP contribution in [0.2, 0.25) is 0 Å². The molecule has 1 aliphatic heterocycles. The fraction of sp³-hybridized carbons (Fsp3) is 0.458. The second kappa shape index (κ2) is 10.9. The first-order valence-electron chi connectivity index (χ1n) is 11.2. The standard InChI is InChI=1S/C24H33N3O5S/c1-5-27(6-2)33(29,30)23-18-19(8-13-22(23)32-4)24(28)26-15-7-14-25(16-17-26)20-9-11-21(31-3)12-10-20/h8-13,18H,5-7,14-17H2,1-4H3. The van der Waals surface area contributed by atoms with Crippen molar-refractivity contribution in [1.29, 1.82) is 0 Å². The second-order valence-corrected chi connectivity index (χ2v) is 9.69. The van der Waals surface area contributed by atoms with Crippen LogP contribution in [0, 0.1) is 0 Å². The van der Waals surface area contributed by atoms with Gasteiger partial charge in [-0.3, -0.25) is 4.79 Å². The van der Waals surface area contributed by atoms with Crippen molar-refractivity contribution in [2.75, 3.05) is 58.4 Å². The summed E-state index contributed by atoms with van der Waals surface area (Å²) in [6.45, 7) is 6.94. The normalized spacial score (nSPS) is 14.8. The second-order valence-electron chi connectivity index (χ2n) is 7.79. The van der Waals surface area contributed by atoms with Gasteiger partial charge in [0.2, 0.25) is 10.0 Å². The molecule has 3 rings (SSSR count). The van der Waals surface area contributed by atoms with Crippen molar-refractivity contribution in [3.8, 4) is 11.5 Å². The van der Waals surface area contributed by atoms with E-state index in [0.29, 0.717) is 38.3 Å². The van der Waals surface area contributed by atoms with Crippen LogP contribution in [-0.4, -0.2) is 77.0 Å². The smallest absolute Gasteiger partial charge is 0.253 e. The quantitative estimate of drug-likeness (QED) is 0.584. The van der Waals surface area contributed by atoms with Crippen LogP contribution in [0.4, 0.5) is 5.69 Å². The number of hydrogen-bond acceptors (Lipinski definition) is 6. The Morgan fingerprint density at radius 3 is 2.24 bits per heavy atom. The number of methoxy groups -OCH3 is 2.